The fourth-order valence-electron chi connectivity index (χ4n) is 3.59. The average Bonchev–Trinajstić information content (AvgIpc) is 3.77. The van der Waals surface area contributed by atoms with Gasteiger partial charge in [-0.3, -0.25) is 0 Å². The van der Waals surface area contributed by atoms with Crippen LogP contribution in [0.3, 0.4) is 0 Å². The van der Waals surface area contributed by atoms with E-state index in [1.165, 1.54) is 6.07 Å². The van der Waals surface area contributed by atoms with Crippen LogP contribution in [0.15, 0.2) is 42.5 Å². The van der Waals surface area contributed by atoms with Crippen LogP contribution in [-0.2, 0) is 18.9 Å². The number of rotatable bonds is 17. The molecule has 0 aliphatic carbocycles. The summed E-state index contributed by atoms with van der Waals surface area (Å²) in [5.41, 5.74) is 1.73. The molecule has 192 valence electrons. The molecule has 4 atom stereocenters. The molecule has 0 aromatic heterocycles. The van der Waals surface area contributed by atoms with Crippen LogP contribution in [0.2, 0.25) is 0 Å². The van der Waals surface area contributed by atoms with E-state index in [1.807, 2.05) is 30.3 Å². The van der Waals surface area contributed by atoms with Crippen LogP contribution < -0.4 is 9.47 Å². The zero-order valence-corrected chi connectivity index (χ0v) is 20.7. The molecule has 2 aromatic rings. The van der Waals surface area contributed by atoms with Crippen molar-refractivity contribution in [2.75, 3.05) is 52.9 Å². The van der Waals surface area contributed by atoms with Crippen molar-refractivity contribution >= 4 is 0 Å². The zero-order chi connectivity index (χ0) is 24.5. The zero-order valence-electron chi connectivity index (χ0n) is 20.7. The van der Waals surface area contributed by atoms with Crippen molar-refractivity contribution in [3.05, 3.63) is 48.3 Å². The average molecular weight is 489 g/mol. The first kappa shape index (κ1) is 25.9. The van der Waals surface area contributed by atoms with Gasteiger partial charge in [0.05, 0.1) is 39.6 Å². The monoisotopic (exact) mass is 488 g/mol. The molecule has 2 aliphatic heterocycles. The summed E-state index contributed by atoms with van der Waals surface area (Å²) in [7, 11) is 0. The van der Waals surface area contributed by atoms with Gasteiger partial charge in [-0.05, 0) is 60.1 Å². The number of hydrogen-bond donors (Lipinski definition) is 0. The van der Waals surface area contributed by atoms with Crippen LogP contribution >= 0.6 is 0 Å². The lowest BCUT2D eigenvalue weighted by Crippen LogP contribution is -2.13. The molecular formula is C28H37FO6. The van der Waals surface area contributed by atoms with Crippen molar-refractivity contribution in [3.63, 3.8) is 0 Å². The van der Waals surface area contributed by atoms with Gasteiger partial charge in [0, 0.05) is 13.2 Å². The number of epoxide rings is 2. The number of benzene rings is 2. The Morgan fingerprint density at radius 3 is 1.89 bits per heavy atom. The van der Waals surface area contributed by atoms with Gasteiger partial charge >= 0.3 is 0 Å². The summed E-state index contributed by atoms with van der Waals surface area (Å²) >= 11 is 0. The first-order valence-corrected chi connectivity index (χ1v) is 12.6. The first-order valence-electron chi connectivity index (χ1n) is 12.6. The van der Waals surface area contributed by atoms with Crippen LogP contribution in [0.1, 0.15) is 26.7 Å². The van der Waals surface area contributed by atoms with E-state index in [0.29, 0.717) is 51.0 Å². The normalized spacial score (nSPS) is 20.3. The van der Waals surface area contributed by atoms with Crippen LogP contribution in [0.5, 0.6) is 11.5 Å². The highest BCUT2D eigenvalue weighted by atomic mass is 19.1. The molecule has 2 heterocycles. The fraction of sp³-hybridized carbons (Fsp3) is 0.571. The third kappa shape index (κ3) is 9.41. The highest BCUT2D eigenvalue weighted by Gasteiger charge is 2.23. The second-order valence-electron chi connectivity index (χ2n) is 9.64. The van der Waals surface area contributed by atoms with Crippen LogP contribution in [0.4, 0.5) is 4.39 Å². The molecule has 2 aromatic carbocycles. The summed E-state index contributed by atoms with van der Waals surface area (Å²) in [6.45, 7) is 9.68. The molecule has 0 saturated carbocycles. The van der Waals surface area contributed by atoms with Gasteiger partial charge in [-0.1, -0.05) is 32.0 Å². The van der Waals surface area contributed by atoms with E-state index in [0.717, 1.165) is 49.5 Å². The second-order valence-corrected chi connectivity index (χ2v) is 9.64. The molecule has 0 N–H and O–H groups in total. The van der Waals surface area contributed by atoms with Crippen molar-refractivity contribution in [2.24, 2.45) is 11.8 Å². The summed E-state index contributed by atoms with van der Waals surface area (Å²) in [6.07, 6.45) is 2.30. The molecule has 0 spiro atoms. The van der Waals surface area contributed by atoms with Gasteiger partial charge in [-0.2, -0.15) is 0 Å². The maximum absolute atomic E-state index is 14.6. The molecule has 6 nitrogen and oxygen atoms in total. The van der Waals surface area contributed by atoms with E-state index < -0.39 is 0 Å². The van der Waals surface area contributed by atoms with Gasteiger partial charge in [0.1, 0.15) is 18.0 Å². The highest BCUT2D eigenvalue weighted by Crippen LogP contribution is 2.27. The molecule has 2 fully saturated rings. The Hall–Kier alpha value is -2.19. The molecule has 2 aliphatic rings. The topological polar surface area (TPSA) is 62.0 Å². The van der Waals surface area contributed by atoms with Gasteiger partial charge in [-0.25, -0.2) is 4.39 Å². The molecule has 0 amide bonds. The summed E-state index contributed by atoms with van der Waals surface area (Å²) in [5, 5.41) is 0. The van der Waals surface area contributed by atoms with Gasteiger partial charge in [0.15, 0.2) is 11.6 Å². The Morgan fingerprint density at radius 1 is 0.800 bits per heavy atom. The van der Waals surface area contributed by atoms with Crippen molar-refractivity contribution in [2.45, 2.75) is 38.9 Å². The second kappa shape index (κ2) is 13.2. The minimum atomic E-state index is -0.359. The molecule has 7 heteroatoms. The quantitative estimate of drug-likeness (QED) is 0.288. The maximum Gasteiger partial charge on any atom is 0.165 e. The maximum atomic E-state index is 14.6. The van der Waals surface area contributed by atoms with Crippen LogP contribution in [0.25, 0.3) is 11.1 Å². The van der Waals surface area contributed by atoms with E-state index in [-0.39, 0.29) is 17.7 Å². The lowest BCUT2D eigenvalue weighted by molar-refractivity contribution is 0.0833. The standard InChI is InChI=1S/C28H37FO6/c1-20(14-30-16-25-18-34-25)9-11-32-24-6-3-22(4-7-24)23-5-8-28(27(29)13-23)33-12-10-21(2)15-31-17-26-19-35-26/h3-8,13,20-21,25-26H,9-12,14-19H2,1-2H3. The number of ether oxygens (including phenoxy) is 6. The van der Waals surface area contributed by atoms with E-state index in [1.54, 1.807) is 6.07 Å². The van der Waals surface area contributed by atoms with Crippen molar-refractivity contribution in [1.29, 1.82) is 0 Å². The molecule has 35 heavy (non-hydrogen) atoms. The molecule has 4 rings (SSSR count). The molecule has 0 bridgehead atoms. The minimum Gasteiger partial charge on any atom is -0.494 e. The Labute approximate surface area is 207 Å². The van der Waals surface area contributed by atoms with Gasteiger partial charge in [0.2, 0.25) is 0 Å². The largest absolute Gasteiger partial charge is 0.494 e. The van der Waals surface area contributed by atoms with Crippen LogP contribution in [-0.4, -0.2) is 65.1 Å². The first-order chi connectivity index (χ1) is 17.1. The smallest absolute Gasteiger partial charge is 0.165 e. The fourth-order valence-corrected chi connectivity index (χ4v) is 3.59. The SMILES string of the molecule is CC(CCOc1ccc(-c2ccc(OCCC(C)COCC3CO3)c(F)c2)cc1)COCC1CO1. The van der Waals surface area contributed by atoms with E-state index in [9.17, 15) is 4.39 Å². The third-order valence-corrected chi connectivity index (χ3v) is 6.08. The van der Waals surface area contributed by atoms with Crippen LogP contribution in [0, 0.1) is 17.7 Å². The summed E-state index contributed by atoms with van der Waals surface area (Å²) in [6, 6.07) is 12.8. The van der Waals surface area contributed by atoms with Gasteiger partial charge < -0.3 is 28.4 Å². The van der Waals surface area contributed by atoms with E-state index in [2.05, 4.69) is 13.8 Å². The van der Waals surface area contributed by atoms with E-state index >= 15 is 0 Å². The Bertz CT molecular complexity index is 897. The minimum absolute atomic E-state index is 0.274. The summed E-state index contributed by atoms with van der Waals surface area (Å²) < 4.78 is 47.6. The molecule has 2 saturated heterocycles. The summed E-state index contributed by atoms with van der Waals surface area (Å²) in [5.74, 6) is 1.49. The predicted molar refractivity (Wildman–Crippen MR) is 132 cm³/mol. The third-order valence-electron chi connectivity index (χ3n) is 6.08. The number of hydrogen-bond acceptors (Lipinski definition) is 6. The van der Waals surface area contributed by atoms with E-state index in [4.69, 9.17) is 28.4 Å². The molecular weight excluding hydrogens is 451 g/mol. The highest BCUT2D eigenvalue weighted by molar-refractivity contribution is 5.65. The summed E-state index contributed by atoms with van der Waals surface area (Å²) in [4.78, 5) is 0. The Kier molecular flexibility index (Phi) is 9.77. The van der Waals surface area contributed by atoms with Crippen molar-refractivity contribution in [1.82, 2.24) is 0 Å². The van der Waals surface area contributed by atoms with Gasteiger partial charge in [0.25, 0.3) is 0 Å². The molecule has 4 unspecified atom stereocenters. The van der Waals surface area contributed by atoms with Crippen molar-refractivity contribution < 1.29 is 32.8 Å². The van der Waals surface area contributed by atoms with Gasteiger partial charge in [-0.15, -0.1) is 0 Å². The predicted octanol–water partition coefficient (Wildman–Crippen LogP) is 5.13. The lowest BCUT2D eigenvalue weighted by Gasteiger charge is -2.14. The number of halogens is 1. The Morgan fingerprint density at radius 2 is 1.34 bits per heavy atom. The van der Waals surface area contributed by atoms with Crippen molar-refractivity contribution in [3.8, 4) is 22.6 Å². The Balaban J connectivity index is 1.15. The molecule has 0 radical (unpaired) electrons. The lowest BCUT2D eigenvalue weighted by atomic mass is 10.1.